The summed E-state index contributed by atoms with van der Waals surface area (Å²) in [7, 11) is 0. The maximum atomic E-state index is 12.1. The molecule has 5 heteroatoms. The topological polar surface area (TPSA) is 57.6 Å². The van der Waals surface area contributed by atoms with Gasteiger partial charge >= 0.3 is 5.97 Å². The maximum absolute atomic E-state index is 12.1. The molecule has 17 heavy (non-hydrogen) atoms. The average molecular weight is 256 g/mol. The maximum Gasteiger partial charge on any atom is 0.305 e. The van der Waals surface area contributed by atoms with Crippen LogP contribution in [0.2, 0.25) is 5.02 Å². The molecule has 0 radical (unpaired) electrons. The quantitative estimate of drug-likeness (QED) is 0.878. The third-order valence-corrected chi connectivity index (χ3v) is 2.70. The lowest BCUT2D eigenvalue weighted by Crippen LogP contribution is -2.33. The fourth-order valence-corrected chi connectivity index (χ4v) is 1.66. The highest BCUT2D eigenvalue weighted by Gasteiger charge is 2.17. The standard InChI is InChI=1S/C12H14ClNO3/c1-2-14(8-7-11(15)16)12(17)9-5-3-4-6-10(9)13/h3-6H,2,7-8H2,1H3,(H,15,16). The van der Waals surface area contributed by atoms with Crippen LogP contribution >= 0.6 is 11.6 Å². The summed E-state index contributed by atoms with van der Waals surface area (Å²) in [6.45, 7) is 2.45. The molecule has 1 amide bonds. The number of hydrogen-bond acceptors (Lipinski definition) is 2. The summed E-state index contributed by atoms with van der Waals surface area (Å²) in [5.41, 5.74) is 0.404. The molecule has 92 valence electrons. The molecule has 1 rings (SSSR count). The molecular formula is C12H14ClNO3. The fourth-order valence-electron chi connectivity index (χ4n) is 1.44. The highest BCUT2D eigenvalue weighted by molar-refractivity contribution is 6.33. The van der Waals surface area contributed by atoms with Crippen molar-refractivity contribution in [3.8, 4) is 0 Å². The molecular weight excluding hydrogens is 242 g/mol. The first-order valence-electron chi connectivity index (χ1n) is 5.31. The molecule has 0 fully saturated rings. The Morgan fingerprint density at radius 2 is 2.00 bits per heavy atom. The summed E-state index contributed by atoms with van der Waals surface area (Å²) in [5, 5.41) is 8.98. The molecule has 4 nitrogen and oxygen atoms in total. The molecule has 0 unspecified atom stereocenters. The van der Waals surface area contributed by atoms with Gasteiger partial charge in [0.05, 0.1) is 17.0 Å². The Kier molecular flexibility index (Phi) is 4.97. The molecule has 0 aliphatic rings. The normalized spacial score (nSPS) is 10.0. The Balaban J connectivity index is 2.79. The Hall–Kier alpha value is -1.55. The number of aliphatic carboxylic acids is 1. The number of amides is 1. The first-order chi connectivity index (χ1) is 8.06. The number of hydrogen-bond donors (Lipinski definition) is 1. The van der Waals surface area contributed by atoms with E-state index in [4.69, 9.17) is 16.7 Å². The van der Waals surface area contributed by atoms with E-state index in [0.717, 1.165) is 0 Å². The predicted molar refractivity (Wildman–Crippen MR) is 65.3 cm³/mol. The van der Waals surface area contributed by atoms with Gasteiger partial charge in [-0.2, -0.15) is 0 Å². The second kappa shape index (κ2) is 6.25. The summed E-state index contributed by atoms with van der Waals surface area (Å²) >= 11 is 5.92. The zero-order valence-corrected chi connectivity index (χ0v) is 10.3. The Bertz CT molecular complexity index is 420. The number of carbonyl (C=O) groups is 2. The molecule has 0 aliphatic heterocycles. The van der Waals surface area contributed by atoms with Crippen LogP contribution in [0.4, 0.5) is 0 Å². The summed E-state index contributed by atoms with van der Waals surface area (Å²) < 4.78 is 0. The van der Waals surface area contributed by atoms with Crippen molar-refractivity contribution in [1.82, 2.24) is 4.90 Å². The van der Waals surface area contributed by atoms with E-state index in [0.29, 0.717) is 17.1 Å². The minimum absolute atomic E-state index is 0.0654. The van der Waals surface area contributed by atoms with Crippen LogP contribution in [-0.4, -0.2) is 35.0 Å². The van der Waals surface area contributed by atoms with Gasteiger partial charge in [-0.1, -0.05) is 23.7 Å². The molecule has 0 bridgehead atoms. The van der Waals surface area contributed by atoms with Crippen molar-refractivity contribution < 1.29 is 14.7 Å². The largest absolute Gasteiger partial charge is 0.481 e. The Labute approximate surface area is 105 Å². The average Bonchev–Trinajstić information content (AvgIpc) is 2.29. The number of carboxylic acid groups (broad SMARTS) is 1. The highest BCUT2D eigenvalue weighted by Crippen LogP contribution is 2.17. The van der Waals surface area contributed by atoms with Gasteiger partial charge in [-0.25, -0.2) is 0 Å². The van der Waals surface area contributed by atoms with Crippen molar-refractivity contribution in [2.24, 2.45) is 0 Å². The molecule has 1 aromatic rings. The Morgan fingerprint density at radius 3 is 2.53 bits per heavy atom. The van der Waals surface area contributed by atoms with Gasteiger partial charge in [-0.3, -0.25) is 9.59 Å². The van der Waals surface area contributed by atoms with Crippen molar-refractivity contribution >= 4 is 23.5 Å². The second-order valence-electron chi connectivity index (χ2n) is 3.51. The third-order valence-electron chi connectivity index (χ3n) is 2.37. The van der Waals surface area contributed by atoms with Gasteiger partial charge in [0.2, 0.25) is 0 Å². The molecule has 0 atom stereocenters. The molecule has 0 aliphatic carbocycles. The lowest BCUT2D eigenvalue weighted by molar-refractivity contribution is -0.137. The first-order valence-corrected chi connectivity index (χ1v) is 5.69. The van der Waals surface area contributed by atoms with Crippen LogP contribution in [-0.2, 0) is 4.79 Å². The number of benzene rings is 1. The van der Waals surface area contributed by atoms with E-state index >= 15 is 0 Å². The summed E-state index contributed by atoms with van der Waals surface area (Å²) in [5.74, 6) is -1.16. The summed E-state index contributed by atoms with van der Waals surface area (Å²) in [6, 6.07) is 6.74. The minimum atomic E-state index is -0.921. The van der Waals surface area contributed by atoms with Crippen molar-refractivity contribution in [1.29, 1.82) is 0 Å². The zero-order chi connectivity index (χ0) is 12.8. The zero-order valence-electron chi connectivity index (χ0n) is 9.52. The van der Waals surface area contributed by atoms with Crippen LogP contribution in [0.1, 0.15) is 23.7 Å². The monoisotopic (exact) mass is 255 g/mol. The van der Waals surface area contributed by atoms with Gasteiger partial charge in [0.25, 0.3) is 5.91 Å². The van der Waals surface area contributed by atoms with Crippen LogP contribution in [0.25, 0.3) is 0 Å². The van der Waals surface area contributed by atoms with Gasteiger partial charge < -0.3 is 10.0 Å². The summed E-state index contributed by atoms with van der Waals surface area (Å²) in [4.78, 5) is 24.0. The van der Waals surface area contributed by atoms with Crippen LogP contribution in [0.3, 0.4) is 0 Å². The van der Waals surface area contributed by atoms with Crippen LogP contribution in [0.15, 0.2) is 24.3 Å². The fraction of sp³-hybridized carbons (Fsp3) is 0.333. The Morgan fingerprint density at radius 1 is 1.35 bits per heavy atom. The van der Waals surface area contributed by atoms with Crippen molar-refractivity contribution in [2.75, 3.05) is 13.1 Å². The number of carboxylic acids is 1. The molecule has 0 saturated carbocycles. The second-order valence-corrected chi connectivity index (χ2v) is 3.92. The number of halogens is 1. The summed E-state index contributed by atoms with van der Waals surface area (Å²) in [6.07, 6.45) is -0.0654. The molecule has 1 N–H and O–H groups in total. The van der Waals surface area contributed by atoms with E-state index in [1.807, 2.05) is 0 Å². The van der Waals surface area contributed by atoms with E-state index in [-0.39, 0.29) is 18.9 Å². The van der Waals surface area contributed by atoms with E-state index in [2.05, 4.69) is 0 Å². The van der Waals surface area contributed by atoms with Crippen LogP contribution < -0.4 is 0 Å². The SMILES string of the molecule is CCN(CCC(=O)O)C(=O)c1ccccc1Cl. The van der Waals surface area contributed by atoms with Gasteiger partial charge in [0.1, 0.15) is 0 Å². The third kappa shape index (κ3) is 3.75. The highest BCUT2D eigenvalue weighted by atomic mass is 35.5. The van der Waals surface area contributed by atoms with E-state index in [9.17, 15) is 9.59 Å². The van der Waals surface area contributed by atoms with Gasteiger partial charge in [0.15, 0.2) is 0 Å². The van der Waals surface area contributed by atoms with E-state index in [1.54, 1.807) is 31.2 Å². The molecule has 0 saturated heterocycles. The molecule has 0 aromatic heterocycles. The molecule has 0 spiro atoms. The van der Waals surface area contributed by atoms with Gasteiger partial charge in [-0.05, 0) is 19.1 Å². The molecule has 0 heterocycles. The predicted octanol–water partition coefficient (Wildman–Crippen LogP) is 2.28. The number of nitrogens with zero attached hydrogens (tertiary/aromatic N) is 1. The minimum Gasteiger partial charge on any atom is -0.481 e. The molecule has 1 aromatic carbocycles. The van der Waals surface area contributed by atoms with Crippen LogP contribution in [0.5, 0.6) is 0 Å². The first kappa shape index (κ1) is 13.5. The van der Waals surface area contributed by atoms with Crippen LogP contribution in [0, 0.1) is 0 Å². The van der Waals surface area contributed by atoms with Gasteiger partial charge in [-0.15, -0.1) is 0 Å². The van der Waals surface area contributed by atoms with Crippen molar-refractivity contribution in [3.05, 3.63) is 34.9 Å². The number of carbonyl (C=O) groups excluding carboxylic acids is 1. The van der Waals surface area contributed by atoms with E-state index in [1.165, 1.54) is 4.90 Å². The lowest BCUT2D eigenvalue weighted by atomic mass is 10.2. The van der Waals surface area contributed by atoms with Crippen molar-refractivity contribution in [2.45, 2.75) is 13.3 Å². The smallest absolute Gasteiger partial charge is 0.305 e. The van der Waals surface area contributed by atoms with Gasteiger partial charge in [0, 0.05) is 13.1 Å². The van der Waals surface area contributed by atoms with E-state index < -0.39 is 5.97 Å². The lowest BCUT2D eigenvalue weighted by Gasteiger charge is -2.20. The number of rotatable bonds is 5. The van der Waals surface area contributed by atoms with Crippen molar-refractivity contribution in [3.63, 3.8) is 0 Å².